The lowest BCUT2D eigenvalue weighted by atomic mass is 10.0. The highest BCUT2D eigenvalue weighted by Gasteiger charge is 2.31. The van der Waals surface area contributed by atoms with E-state index in [1.54, 1.807) is 12.1 Å². The van der Waals surface area contributed by atoms with Crippen LogP contribution in [0.15, 0.2) is 36.5 Å². The second-order valence-electron chi connectivity index (χ2n) is 7.31. The Hall–Kier alpha value is -2.21. The topological polar surface area (TPSA) is 50.2 Å². The molecule has 2 fully saturated rings. The van der Waals surface area contributed by atoms with Crippen molar-refractivity contribution in [1.29, 1.82) is 0 Å². The monoisotopic (exact) mass is 356 g/mol. The number of benzene rings is 1. The van der Waals surface area contributed by atoms with Gasteiger partial charge in [-0.3, -0.25) is 9.48 Å². The molecule has 4 rings (SSSR count). The average Bonchev–Trinajstić information content (AvgIpc) is 3.32. The van der Waals surface area contributed by atoms with Gasteiger partial charge in [0, 0.05) is 25.3 Å². The number of rotatable bonds is 4. The summed E-state index contributed by atoms with van der Waals surface area (Å²) < 4.78 is 15.4. The number of nitrogens with zero attached hydrogens (tertiary/aromatic N) is 3. The van der Waals surface area contributed by atoms with Gasteiger partial charge < -0.3 is 10.2 Å². The molecular weight excluding hydrogens is 331 g/mol. The van der Waals surface area contributed by atoms with Crippen molar-refractivity contribution < 1.29 is 9.18 Å². The lowest BCUT2D eigenvalue weighted by Gasteiger charge is -2.25. The maximum atomic E-state index is 13.4. The van der Waals surface area contributed by atoms with Crippen molar-refractivity contribution in [1.82, 2.24) is 20.0 Å². The van der Waals surface area contributed by atoms with Crippen LogP contribution in [-0.2, 0) is 6.42 Å². The Labute approximate surface area is 153 Å². The van der Waals surface area contributed by atoms with Crippen LogP contribution in [0.25, 0.3) is 0 Å². The van der Waals surface area contributed by atoms with E-state index in [1.165, 1.54) is 6.07 Å². The van der Waals surface area contributed by atoms with Crippen molar-refractivity contribution in [3.8, 4) is 0 Å². The molecule has 1 aromatic carbocycles. The number of carbonyl (C=O) groups excluding carboxylic acids is 1. The van der Waals surface area contributed by atoms with Gasteiger partial charge in [0.25, 0.3) is 5.91 Å². The van der Waals surface area contributed by atoms with Gasteiger partial charge >= 0.3 is 0 Å². The molecule has 2 aliphatic rings. The van der Waals surface area contributed by atoms with E-state index in [0.29, 0.717) is 18.2 Å². The molecule has 5 nitrogen and oxygen atoms in total. The second-order valence-corrected chi connectivity index (χ2v) is 7.31. The summed E-state index contributed by atoms with van der Waals surface area (Å²) in [7, 11) is 0. The van der Waals surface area contributed by atoms with Crippen molar-refractivity contribution in [2.45, 2.75) is 44.2 Å². The number of amides is 1. The van der Waals surface area contributed by atoms with E-state index in [2.05, 4.69) is 10.4 Å². The van der Waals surface area contributed by atoms with E-state index in [4.69, 9.17) is 0 Å². The van der Waals surface area contributed by atoms with Crippen LogP contribution in [0.4, 0.5) is 4.39 Å². The molecule has 6 heteroatoms. The number of aromatic nitrogens is 2. The van der Waals surface area contributed by atoms with E-state index in [0.717, 1.165) is 50.9 Å². The van der Waals surface area contributed by atoms with Gasteiger partial charge in [-0.1, -0.05) is 12.1 Å². The van der Waals surface area contributed by atoms with Gasteiger partial charge in [0.15, 0.2) is 0 Å². The average molecular weight is 356 g/mol. The Bertz CT molecular complexity index is 769. The Morgan fingerprint density at radius 1 is 1.27 bits per heavy atom. The largest absolute Gasteiger partial charge is 0.334 e. The molecule has 3 heterocycles. The Balaban J connectivity index is 1.45. The lowest BCUT2D eigenvalue weighted by molar-refractivity contribution is 0.0729. The first kappa shape index (κ1) is 17.2. The predicted molar refractivity (Wildman–Crippen MR) is 97.5 cm³/mol. The Morgan fingerprint density at radius 3 is 3.00 bits per heavy atom. The molecule has 26 heavy (non-hydrogen) atoms. The molecule has 1 aromatic heterocycles. The van der Waals surface area contributed by atoms with Crippen LogP contribution in [0.3, 0.4) is 0 Å². The lowest BCUT2D eigenvalue weighted by Crippen LogP contribution is -2.37. The number of carbonyl (C=O) groups is 1. The zero-order chi connectivity index (χ0) is 17.9. The molecule has 1 amide bonds. The van der Waals surface area contributed by atoms with E-state index in [9.17, 15) is 9.18 Å². The van der Waals surface area contributed by atoms with Crippen molar-refractivity contribution in [2.75, 3.05) is 19.6 Å². The van der Waals surface area contributed by atoms with Gasteiger partial charge in [0.2, 0.25) is 0 Å². The molecule has 2 atom stereocenters. The summed E-state index contributed by atoms with van der Waals surface area (Å²) in [5, 5.41) is 7.94. The molecule has 0 spiro atoms. The molecule has 0 bridgehead atoms. The quantitative estimate of drug-likeness (QED) is 0.916. The standard InChI is InChI=1S/C20H25FN4O/c21-16-5-1-4-15(12-16)13-17-7-3-10-24(17)20(26)19-8-11-25(23-19)18-6-2-9-22-14-18/h1,4-5,8,11-12,17-18,22H,2-3,6-7,9-10,13-14H2. The molecule has 0 aliphatic carbocycles. The third kappa shape index (κ3) is 3.65. The summed E-state index contributed by atoms with van der Waals surface area (Å²) in [5.41, 5.74) is 1.45. The minimum absolute atomic E-state index is 0.00794. The van der Waals surface area contributed by atoms with E-state index in [1.807, 2.05) is 27.9 Å². The van der Waals surface area contributed by atoms with Gasteiger partial charge in [-0.2, -0.15) is 5.10 Å². The fourth-order valence-corrected chi connectivity index (χ4v) is 4.11. The Kier molecular flexibility index (Phi) is 5.02. The molecular formula is C20H25FN4O. The number of hydrogen-bond donors (Lipinski definition) is 1. The van der Waals surface area contributed by atoms with Crippen molar-refractivity contribution in [2.24, 2.45) is 0 Å². The van der Waals surface area contributed by atoms with Crippen molar-refractivity contribution >= 4 is 5.91 Å². The number of hydrogen-bond acceptors (Lipinski definition) is 3. The van der Waals surface area contributed by atoms with Gasteiger partial charge in [-0.05, 0) is 62.4 Å². The van der Waals surface area contributed by atoms with Gasteiger partial charge in [0.1, 0.15) is 11.5 Å². The third-order valence-corrected chi connectivity index (χ3v) is 5.47. The van der Waals surface area contributed by atoms with Gasteiger partial charge in [0.05, 0.1) is 6.04 Å². The first-order valence-corrected chi connectivity index (χ1v) is 9.52. The summed E-state index contributed by atoms with van der Waals surface area (Å²) in [5.74, 6) is -0.232. The summed E-state index contributed by atoms with van der Waals surface area (Å²) >= 11 is 0. The summed E-state index contributed by atoms with van der Waals surface area (Å²) in [6, 6.07) is 8.94. The SMILES string of the molecule is O=C(c1ccn(C2CCCNC2)n1)N1CCCC1Cc1cccc(F)c1. The zero-order valence-corrected chi connectivity index (χ0v) is 14.9. The summed E-state index contributed by atoms with van der Waals surface area (Å²) in [6.45, 7) is 2.71. The van der Waals surface area contributed by atoms with Crippen LogP contribution in [0, 0.1) is 5.82 Å². The second kappa shape index (κ2) is 7.58. The molecule has 2 saturated heterocycles. The van der Waals surface area contributed by atoms with Crippen LogP contribution in [0.5, 0.6) is 0 Å². The first-order chi connectivity index (χ1) is 12.7. The number of likely N-dealkylation sites (tertiary alicyclic amines) is 1. The first-order valence-electron chi connectivity index (χ1n) is 9.52. The number of halogens is 1. The summed E-state index contributed by atoms with van der Waals surface area (Å²) in [6.07, 6.45) is 6.78. The molecule has 2 unspecified atom stereocenters. The number of piperidine rings is 1. The van der Waals surface area contributed by atoms with E-state index >= 15 is 0 Å². The van der Waals surface area contributed by atoms with Crippen molar-refractivity contribution in [3.05, 3.63) is 53.6 Å². The van der Waals surface area contributed by atoms with E-state index < -0.39 is 0 Å². The Morgan fingerprint density at radius 2 is 2.19 bits per heavy atom. The third-order valence-electron chi connectivity index (χ3n) is 5.47. The van der Waals surface area contributed by atoms with Gasteiger partial charge in [-0.25, -0.2) is 4.39 Å². The fourth-order valence-electron chi connectivity index (χ4n) is 4.11. The molecule has 2 aromatic rings. The molecule has 138 valence electrons. The predicted octanol–water partition coefficient (Wildman–Crippen LogP) is 2.79. The van der Waals surface area contributed by atoms with Gasteiger partial charge in [-0.15, -0.1) is 0 Å². The minimum Gasteiger partial charge on any atom is -0.334 e. The number of nitrogens with one attached hydrogen (secondary N) is 1. The molecule has 0 saturated carbocycles. The van der Waals surface area contributed by atoms with Crippen molar-refractivity contribution in [3.63, 3.8) is 0 Å². The fraction of sp³-hybridized carbons (Fsp3) is 0.500. The van der Waals surface area contributed by atoms with E-state index in [-0.39, 0.29) is 17.8 Å². The minimum atomic E-state index is -0.224. The van der Waals surface area contributed by atoms with Crippen LogP contribution in [-0.4, -0.2) is 46.3 Å². The maximum absolute atomic E-state index is 13.4. The maximum Gasteiger partial charge on any atom is 0.274 e. The highest BCUT2D eigenvalue weighted by atomic mass is 19.1. The molecule has 1 N–H and O–H groups in total. The van der Waals surface area contributed by atoms with Crippen LogP contribution in [0.2, 0.25) is 0 Å². The molecule has 2 aliphatic heterocycles. The highest BCUT2D eigenvalue weighted by Crippen LogP contribution is 2.24. The summed E-state index contributed by atoms with van der Waals surface area (Å²) in [4.78, 5) is 14.9. The normalized spacial score (nSPS) is 23.3. The zero-order valence-electron chi connectivity index (χ0n) is 14.9. The smallest absolute Gasteiger partial charge is 0.274 e. The van der Waals surface area contributed by atoms with Crippen LogP contribution in [0.1, 0.15) is 47.8 Å². The van der Waals surface area contributed by atoms with Crippen LogP contribution >= 0.6 is 0 Å². The van der Waals surface area contributed by atoms with Crippen LogP contribution < -0.4 is 5.32 Å². The molecule has 0 radical (unpaired) electrons. The highest BCUT2D eigenvalue weighted by molar-refractivity contribution is 5.92.